The van der Waals surface area contributed by atoms with E-state index in [0.29, 0.717) is 11.9 Å². The molecule has 0 aliphatic carbocycles. The normalized spacial score (nSPS) is 21.3. The first-order valence-corrected chi connectivity index (χ1v) is 6.39. The highest BCUT2D eigenvalue weighted by atomic mass is 31.2. The highest BCUT2D eigenvalue weighted by Gasteiger charge is 2.21. The molecule has 1 atom stereocenters. The third kappa shape index (κ3) is 2.95. The zero-order valence-corrected chi connectivity index (χ0v) is 10.2. The fourth-order valence-corrected chi connectivity index (χ4v) is 2.22. The molecule has 7 heteroatoms. The highest BCUT2D eigenvalue weighted by Crippen LogP contribution is 2.44. The zero-order chi connectivity index (χ0) is 11.5. The standard InChI is InChI=1S/C8H18N3O3P/c1-10-5-4-6-11(2)8(10)9-15(13,7-12)14-3/h7,12-13H,4-6H2,1-3H3. The van der Waals surface area contributed by atoms with Crippen LogP contribution in [-0.2, 0) is 4.52 Å². The molecule has 1 aliphatic rings. The summed E-state index contributed by atoms with van der Waals surface area (Å²) in [4.78, 5) is 13.6. The first kappa shape index (κ1) is 12.5. The van der Waals surface area contributed by atoms with E-state index < -0.39 is 7.49 Å². The summed E-state index contributed by atoms with van der Waals surface area (Å²) < 4.78 is 8.88. The van der Waals surface area contributed by atoms with E-state index in [1.165, 1.54) is 7.11 Å². The molecule has 2 N–H and O–H groups in total. The van der Waals surface area contributed by atoms with Crippen LogP contribution in [0.3, 0.4) is 0 Å². The Morgan fingerprint density at radius 3 is 2.33 bits per heavy atom. The van der Waals surface area contributed by atoms with Crippen LogP contribution in [0.25, 0.3) is 0 Å². The van der Waals surface area contributed by atoms with Gasteiger partial charge in [0.1, 0.15) is 5.98 Å². The van der Waals surface area contributed by atoms with Crippen molar-refractivity contribution in [3.63, 3.8) is 0 Å². The summed E-state index contributed by atoms with van der Waals surface area (Å²) in [6.07, 6.45) is 1.05. The Hall–Kier alpha value is -0.550. The maximum Gasteiger partial charge on any atom is 0.264 e. The van der Waals surface area contributed by atoms with Crippen LogP contribution >= 0.6 is 7.49 Å². The number of aliphatic hydroxyl groups excluding tert-OH is 1. The Labute approximate surface area is 90.0 Å². The molecule has 1 saturated heterocycles. The zero-order valence-electron chi connectivity index (χ0n) is 9.29. The minimum atomic E-state index is -3.14. The molecule has 0 aromatic heterocycles. The minimum absolute atomic E-state index is 0.635. The van der Waals surface area contributed by atoms with E-state index >= 15 is 0 Å². The molecule has 1 aliphatic heterocycles. The Bertz CT molecular complexity index is 294. The largest absolute Gasteiger partial charge is 0.362 e. The van der Waals surface area contributed by atoms with Gasteiger partial charge in [-0.05, 0) is 6.42 Å². The van der Waals surface area contributed by atoms with Crippen LogP contribution in [0.1, 0.15) is 6.42 Å². The summed E-state index contributed by atoms with van der Waals surface area (Å²) in [5.41, 5.74) is 0. The van der Waals surface area contributed by atoms with E-state index in [4.69, 9.17) is 9.63 Å². The lowest BCUT2D eigenvalue weighted by Gasteiger charge is -2.35. The van der Waals surface area contributed by atoms with Gasteiger partial charge in [0.25, 0.3) is 7.49 Å². The van der Waals surface area contributed by atoms with Gasteiger partial charge in [-0.25, -0.2) is 0 Å². The summed E-state index contributed by atoms with van der Waals surface area (Å²) in [5, 5.41) is 8.89. The van der Waals surface area contributed by atoms with Crippen molar-refractivity contribution in [3.8, 4) is 0 Å². The van der Waals surface area contributed by atoms with Gasteiger partial charge in [0, 0.05) is 34.3 Å². The van der Waals surface area contributed by atoms with E-state index in [9.17, 15) is 4.89 Å². The van der Waals surface area contributed by atoms with Crippen molar-refractivity contribution in [2.24, 2.45) is 4.76 Å². The molecule has 88 valence electrons. The topological polar surface area (TPSA) is 68.5 Å². The molecular formula is C8H18N3O3P. The Morgan fingerprint density at radius 1 is 1.40 bits per heavy atom. The predicted molar refractivity (Wildman–Crippen MR) is 61.5 cm³/mol. The molecule has 1 unspecified atom stereocenters. The number of guanidine groups is 1. The van der Waals surface area contributed by atoms with Gasteiger partial charge in [-0.3, -0.25) is 0 Å². The van der Waals surface area contributed by atoms with Gasteiger partial charge < -0.3 is 24.3 Å². The maximum atomic E-state index is 9.76. The van der Waals surface area contributed by atoms with Crippen molar-refractivity contribution < 1.29 is 14.5 Å². The third-order valence-corrected chi connectivity index (χ3v) is 3.63. The lowest BCUT2D eigenvalue weighted by atomic mass is 10.3. The summed E-state index contributed by atoms with van der Waals surface area (Å²) in [5.74, 6) is 1.28. The molecule has 0 radical (unpaired) electrons. The van der Waals surface area contributed by atoms with Crippen LogP contribution in [0.2, 0.25) is 0 Å². The van der Waals surface area contributed by atoms with E-state index in [2.05, 4.69) is 4.76 Å². The smallest absolute Gasteiger partial charge is 0.264 e. The summed E-state index contributed by atoms with van der Waals surface area (Å²) in [6.45, 7) is 1.77. The van der Waals surface area contributed by atoms with E-state index in [-0.39, 0.29) is 0 Å². The fourth-order valence-electron chi connectivity index (χ4n) is 1.43. The number of aliphatic hydroxyl groups is 1. The predicted octanol–water partition coefficient (Wildman–Crippen LogP) is 0.143. The molecule has 1 heterocycles. The average molecular weight is 235 g/mol. The number of hydrogen-bond donors (Lipinski definition) is 2. The molecular weight excluding hydrogens is 217 g/mol. The maximum absolute atomic E-state index is 9.76. The fraction of sp³-hybridized carbons (Fsp3) is 0.750. The number of hydrogen-bond acceptors (Lipinski definition) is 3. The van der Waals surface area contributed by atoms with Crippen LogP contribution in [0, 0.1) is 0 Å². The lowest BCUT2D eigenvalue weighted by Crippen LogP contribution is -2.46. The second-order valence-corrected chi connectivity index (χ2v) is 5.46. The number of nitrogens with zero attached hydrogens (tertiary/aromatic N) is 3. The first-order valence-electron chi connectivity index (χ1n) is 4.70. The molecule has 0 amide bonds. The van der Waals surface area contributed by atoms with Crippen molar-refractivity contribution in [2.75, 3.05) is 34.3 Å². The summed E-state index contributed by atoms with van der Waals surface area (Å²) >= 11 is 0. The second kappa shape index (κ2) is 4.99. The van der Waals surface area contributed by atoms with Gasteiger partial charge in [0.15, 0.2) is 0 Å². The number of rotatable bonds is 2. The lowest BCUT2D eigenvalue weighted by molar-refractivity contribution is 0.316. The SMILES string of the molecule is COP(O)(=CO)N=C1N(C)CCCN1C. The Balaban J connectivity index is 2.97. The van der Waals surface area contributed by atoms with Crippen LogP contribution in [0.4, 0.5) is 0 Å². The molecule has 0 saturated carbocycles. The minimum Gasteiger partial charge on any atom is -0.362 e. The van der Waals surface area contributed by atoms with Gasteiger partial charge in [-0.2, -0.15) is 4.76 Å². The summed E-state index contributed by atoms with van der Waals surface area (Å²) in [7, 11) is 1.98. The molecule has 0 aromatic rings. The molecule has 1 rings (SSSR count). The van der Waals surface area contributed by atoms with Gasteiger partial charge in [-0.1, -0.05) is 0 Å². The highest BCUT2D eigenvalue weighted by molar-refractivity contribution is 7.63. The van der Waals surface area contributed by atoms with Crippen LogP contribution in [0.5, 0.6) is 0 Å². The average Bonchev–Trinajstić information content (AvgIpc) is 2.23. The van der Waals surface area contributed by atoms with Crippen LogP contribution in [0.15, 0.2) is 4.76 Å². The quantitative estimate of drug-likeness (QED) is 0.666. The van der Waals surface area contributed by atoms with Gasteiger partial charge in [0.05, 0.1) is 0 Å². The van der Waals surface area contributed by atoms with Gasteiger partial charge in [0.2, 0.25) is 5.96 Å². The summed E-state index contributed by atoms with van der Waals surface area (Å²) in [6, 6.07) is 0. The molecule has 0 spiro atoms. The molecule has 0 bridgehead atoms. The van der Waals surface area contributed by atoms with Crippen LogP contribution in [-0.4, -0.2) is 66.0 Å². The van der Waals surface area contributed by atoms with Crippen molar-refractivity contribution in [1.82, 2.24) is 9.80 Å². The van der Waals surface area contributed by atoms with Crippen molar-refractivity contribution in [1.29, 1.82) is 0 Å². The van der Waals surface area contributed by atoms with Crippen molar-refractivity contribution in [2.45, 2.75) is 6.42 Å². The first-order chi connectivity index (χ1) is 7.02. The monoisotopic (exact) mass is 235 g/mol. The van der Waals surface area contributed by atoms with Crippen molar-refractivity contribution in [3.05, 3.63) is 0 Å². The Morgan fingerprint density at radius 2 is 1.93 bits per heavy atom. The van der Waals surface area contributed by atoms with E-state index in [0.717, 1.165) is 19.5 Å². The van der Waals surface area contributed by atoms with E-state index in [1.807, 2.05) is 23.9 Å². The van der Waals surface area contributed by atoms with E-state index in [1.54, 1.807) is 0 Å². The third-order valence-electron chi connectivity index (χ3n) is 2.32. The molecule has 15 heavy (non-hydrogen) atoms. The van der Waals surface area contributed by atoms with Gasteiger partial charge >= 0.3 is 0 Å². The molecule has 0 aromatic carbocycles. The van der Waals surface area contributed by atoms with Crippen molar-refractivity contribution >= 4 is 19.4 Å². The van der Waals surface area contributed by atoms with Crippen LogP contribution < -0.4 is 0 Å². The molecule has 1 fully saturated rings. The van der Waals surface area contributed by atoms with Gasteiger partial charge in [-0.15, -0.1) is 0 Å². The molecule has 6 nitrogen and oxygen atoms in total. The second-order valence-electron chi connectivity index (χ2n) is 3.48. The Kier molecular flexibility index (Phi) is 4.16.